The summed E-state index contributed by atoms with van der Waals surface area (Å²) in [6.07, 6.45) is 3.39. The van der Waals surface area contributed by atoms with Crippen molar-refractivity contribution >= 4 is 17.9 Å². The molecule has 0 bridgehead atoms. The Morgan fingerprint density at radius 2 is 1.84 bits per heavy atom. The maximum absolute atomic E-state index is 13.9. The summed E-state index contributed by atoms with van der Waals surface area (Å²) < 4.78 is 19.2. The third kappa shape index (κ3) is 6.81. The second-order valence-corrected chi connectivity index (χ2v) is 12.4. The number of piperidine rings is 1. The van der Waals surface area contributed by atoms with Crippen molar-refractivity contribution in [3.8, 4) is 5.75 Å². The molecule has 4 atom stereocenters. The molecule has 8 nitrogen and oxygen atoms in total. The number of rotatable bonds is 11. The van der Waals surface area contributed by atoms with Crippen LogP contribution in [0, 0.1) is 23.6 Å². The van der Waals surface area contributed by atoms with Gasteiger partial charge in [0.2, 0.25) is 11.8 Å². The number of aliphatic hydroxyl groups is 2. The number of phenols is 1. The van der Waals surface area contributed by atoms with Gasteiger partial charge in [0.1, 0.15) is 0 Å². The topological polar surface area (TPSA) is 111 Å². The monoisotopic (exact) mass is 606 g/mol. The number of carbonyl (C=O) groups is 2. The third-order valence-electron chi connectivity index (χ3n) is 9.46. The van der Waals surface area contributed by atoms with E-state index in [1.54, 1.807) is 19.3 Å². The molecule has 0 unspecified atom stereocenters. The average Bonchev–Trinajstić information content (AvgIpc) is 3.27. The number of fused-ring (bicyclic) bond motifs is 1. The van der Waals surface area contributed by atoms with Crippen molar-refractivity contribution in [3.05, 3.63) is 82.2 Å². The molecule has 0 spiro atoms. The van der Waals surface area contributed by atoms with Crippen LogP contribution in [0.25, 0.3) is 6.08 Å². The molecule has 0 saturated carbocycles. The van der Waals surface area contributed by atoms with Crippen LogP contribution in [-0.4, -0.2) is 82.5 Å². The summed E-state index contributed by atoms with van der Waals surface area (Å²) in [7, 11) is 1.55. The number of halogens is 1. The van der Waals surface area contributed by atoms with E-state index in [1.807, 2.05) is 25.1 Å². The second-order valence-electron chi connectivity index (χ2n) is 12.4. The van der Waals surface area contributed by atoms with Gasteiger partial charge in [-0.25, -0.2) is 4.39 Å². The first-order valence-corrected chi connectivity index (χ1v) is 15.5. The Morgan fingerprint density at radius 1 is 1.11 bits per heavy atom. The summed E-state index contributed by atoms with van der Waals surface area (Å²) in [6.45, 7) is 4.13. The SMILES string of the molecule is COCC1=C([C@H](O)CC/C(C)=C/c2ccc(O)c(F)c2)[C@H](CO)[C@@H]2C(=O)N(C3CCN(Cc4ccccc4)CC3)C(=O)[C@@H]2C1. The number of carbonyl (C=O) groups excluding carboxylic acids is 2. The Morgan fingerprint density at radius 3 is 2.50 bits per heavy atom. The number of likely N-dealkylation sites (tertiary alicyclic amines) is 2. The van der Waals surface area contributed by atoms with E-state index < -0.39 is 35.4 Å². The first kappa shape index (κ1) is 32.0. The molecule has 2 aromatic carbocycles. The number of methoxy groups -OCH3 is 1. The number of allylic oxidation sites excluding steroid dienone is 1. The predicted octanol–water partition coefficient (Wildman–Crippen LogP) is 4.30. The number of benzene rings is 2. The highest BCUT2D eigenvalue weighted by molar-refractivity contribution is 6.06. The molecule has 44 heavy (non-hydrogen) atoms. The smallest absolute Gasteiger partial charge is 0.234 e. The summed E-state index contributed by atoms with van der Waals surface area (Å²) in [6, 6.07) is 14.2. The Bertz CT molecular complexity index is 1400. The van der Waals surface area contributed by atoms with Crippen LogP contribution in [0.2, 0.25) is 0 Å². The van der Waals surface area contributed by atoms with E-state index in [2.05, 4.69) is 17.0 Å². The van der Waals surface area contributed by atoms with Gasteiger partial charge in [0.15, 0.2) is 11.6 Å². The first-order valence-electron chi connectivity index (χ1n) is 15.5. The highest BCUT2D eigenvalue weighted by Gasteiger charge is 2.56. The number of hydrogen-bond acceptors (Lipinski definition) is 7. The molecule has 0 radical (unpaired) electrons. The molecule has 2 aromatic rings. The Labute approximate surface area is 258 Å². The molecule has 3 N–H and O–H groups in total. The molecule has 2 aliphatic heterocycles. The normalized spacial score (nSPS) is 24.2. The van der Waals surface area contributed by atoms with Crippen molar-refractivity contribution in [2.75, 3.05) is 33.4 Å². The number of nitrogens with zero attached hydrogens (tertiary/aromatic N) is 2. The Balaban J connectivity index is 1.28. The molecule has 2 amide bonds. The summed E-state index contributed by atoms with van der Waals surface area (Å²) in [5, 5.41) is 31.5. The summed E-state index contributed by atoms with van der Waals surface area (Å²) >= 11 is 0. The van der Waals surface area contributed by atoms with E-state index in [-0.39, 0.29) is 31.1 Å². The van der Waals surface area contributed by atoms with Crippen molar-refractivity contribution in [1.29, 1.82) is 0 Å². The Kier molecular flexibility index (Phi) is 10.3. The van der Waals surface area contributed by atoms with Gasteiger partial charge in [0.05, 0.1) is 31.2 Å². The summed E-state index contributed by atoms with van der Waals surface area (Å²) in [4.78, 5) is 31.5. The minimum Gasteiger partial charge on any atom is -0.505 e. The molecular formula is C35H43FN2O6. The zero-order chi connectivity index (χ0) is 31.4. The lowest BCUT2D eigenvalue weighted by Crippen LogP contribution is -2.47. The van der Waals surface area contributed by atoms with E-state index in [1.165, 1.54) is 22.6 Å². The van der Waals surface area contributed by atoms with E-state index >= 15 is 0 Å². The first-order chi connectivity index (χ1) is 21.2. The van der Waals surface area contributed by atoms with Gasteiger partial charge in [-0.2, -0.15) is 0 Å². The van der Waals surface area contributed by atoms with Crippen LogP contribution in [0.5, 0.6) is 5.75 Å². The minimum absolute atomic E-state index is 0.177. The number of imide groups is 1. The lowest BCUT2D eigenvalue weighted by atomic mass is 9.68. The molecule has 5 rings (SSSR count). The van der Waals surface area contributed by atoms with Gasteiger partial charge >= 0.3 is 0 Å². The van der Waals surface area contributed by atoms with Gasteiger partial charge in [-0.05, 0) is 73.4 Å². The summed E-state index contributed by atoms with van der Waals surface area (Å²) in [5.41, 5.74) is 4.09. The zero-order valence-electron chi connectivity index (χ0n) is 25.5. The molecule has 1 aliphatic carbocycles. The average molecular weight is 607 g/mol. The van der Waals surface area contributed by atoms with Crippen LogP contribution < -0.4 is 0 Å². The van der Waals surface area contributed by atoms with Crippen LogP contribution >= 0.6 is 0 Å². The number of amides is 2. The molecule has 3 aliphatic rings. The van der Waals surface area contributed by atoms with Crippen molar-refractivity contribution in [2.24, 2.45) is 17.8 Å². The molecule has 0 aromatic heterocycles. The van der Waals surface area contributed by atoms with Crippen LogP contribution in [0.4, 0.5) is 4.39 Å². The van der Waals surface area contributed by atoms with Gasteiger partial charge < -0.3 is 20.1 Å². The maximum Gasteiger partial charge on any atom is 0.234 e. The molecule has 2 saturated heterocycles. The van der Waals surface area contributed by atoms with Crippen LogP contribution in [0.3, 0.4) is 0 Å². The highest BCUT2D eigenvalue weighted by atomic mass is 19.1. The number of phenolic OH excluding ortho intramolecular Hbond substituents is 1. The van der Waals surface area contributed by atoms with Crippen molar-refractivity contribution in [1.82, 2.24) is 9.80 Å². The zero-order valence-corrected chi connectivity index (χ0v) is 25.5. The largest absolute Gasteiger partial charge is 0.505 e. The molecule has 236 valence electrons. The number of ether oxygens (including phenoxy) is 1. The Hall–Kier alpha value is -3.37. The molecule has 2 fully saturated rings. The van der Waals surface area contributed by atoms with Gasteiger partial charge in [0, 0.05) is 38.7 Å². The van der Waals surface area contributed by atoms with E-state index in [0.717, 1.165) is 30.8 Å². The fraction of sp³-hybridized carbons (Fsp3) is 0.486. The summed E-state index contributed by atoms with van der Waals surface area (Å²) in [5.74, 6) is -3.50. The maximum atomic E-state index is 13.9. The molecular weight excluding hydrogens is 563 g/mol. The van der Waals surface area contributed by atoms with E-state index in [9.17, 15) is 29.3 Å². The second kappa shape index (κ2) is 14.2. The number of aliphatic hydroxyl groups excluding tert-OH is 2. The standard InChI is InChI=1S/C35H43FN2O6/c1-22(16-24-9-11-30(40)29(36)17-24)8-10-31(41)32-25(21-44-2)18-27-33(28(32)20-39)35(43)38(34(27)42)26-12-14-37(15-13-26)19-23-6-4-3-5-7-23/h3-7,9,11,16-17,26-28,31,33,39-41H,8,10,12-15,18-21H2,1-2H3/b22-16+/t27-,28+,31-,33-/m1/s1. The fourth-order valence-electron chi connectivity index (χ4n) is 7.32. The van der Waals surface area contributed by atoms with Gasteiger partial charge in [-0.3, -0.25) is 19.4 Å². The van der Waals surface area contributed by atoms with Gasteiger partial charge in [0.25, 0.3) is 0 Å². The highest BCUT2D eigenvalue weighted by Crippen LogP contribution is 2.47. The minimum atomic E-state index is -0.948. The van der Waals surface area contributed by atoms with Crippen molar-refractivity contribution in [2.45, 2.75) is 57.7 Å². The lowest BCUT2D eigenvalue weighted by Gasteiger charge is -2.37. The van der Waals surface area contributed by atoms with Crippen LogP contribution in [0.15, 0.2) is 65.3 Å². The van der Waals surface area contributed by atoms with Crippen LogP contribution in [-0.2, 0) is 20.9 Å². The number of aromatic hydroxyl groups is 1. The predicted molar refractivity (Wildman–Crippen MR) is 165 cm³/mol. The van der Waals surface area contributed by atoms with Gasteiger partial charge in [-0.1, -0.05) is 48.0 Å². The quantitative estimate of drug-likeness (QED) is 0.259. The van der Waals surface area contributed by atoms with Gasteiger partial charge in [-0.15, -0.1) is 0 Å². The van der Waals surface area contributed by atoms with E-state index in [0.29, 0.717) is 43.2 Å². The van der Waals surface area contributed by atoms with Crippen molar-refractivity contribution < 1.29 is 34.0 Å². The van der Waals surface area contributed by atoms with Crippen molar-refractivity contribution in [3.63, 3.8) is 0 Å². The van der Waals surface area contributed by atoms with Crippen LogP contribution in [0.1, 0.15) is 50.2 Å². The third-order valence-corrected chi connectivity index (χ3v) is 9.46. The van der Waals surface area contributed by atoms with E-state index in [4.69, 9.17) is 4.74 Å². The molecule has 9 heteroatoms. The molecule has 2 heterocycles. The fourth-order valence-corrected chi connectivity index (χ4v) is 7.32. The lowest BCUT2D eigenvalue weighted by molar-refractivity contribution is -0.144. The number of hydrogen-bond donors (Lipinski definition) is 3.